The highest BCUT2D eigenvalue weighted by atomic mass is 32.1. The van der Waals surface area contributed by atoms with E-state index in [9.17, 15) is 14.7 Å². The highest BCUT2D eigenvalue weighted by molar-refractivity contribution is 7.09. The van der Waals surface area contributed by atoms with Crippen LogP contribution >= 0.6 is 11.3 Å². The Balaban J connectivity index is 0.000000232. The summed E-state index contributed by atoms with van der Waals surface area (Å²) in [6, 6.07) is 30.9. The van der Waals surface area contributed by atoms with Crippen LogP contribution in [0.25, 0.3) is 0 Å². The van der Waals surface area contributed by atoms with E-state index in [1.54, 1.807) is 41.8 Å². The van der Waals surface area contributed by atoms with Gasteiger partial charge in [0.1, 0.15) is 23.1 Å². The average molecular weight is 684 g/mol. The summed E-state index contributed by atoms with van der Waals surface area (Å²) in [7, 11) is 0. The Morgan fingerprint density at radius 1 is 0.680 bits per heavy atom. The fourth-order valence-electron chi connectivity index (χ4n) is 4.89. The fourth-order valence-corrected chi connectivity index (χ4v) is 5.42. The second kappa shape index (κ2) is 19.2. The maximum Gasteiger partial charge on any atom is 0.217 e. The Morgan fingerprint density at radius 2 is 1.08 bits per heavy atom. The van der Waals surface area contributed by atoms with Crippen molar-refractivity contribution >= 4 is 23.2 Å². The van der Waals surface area contributed by atoms with Crippen LogP contribution in [-0.2, 0) is 29.0 Å². The largest absolute Gasteiger partial charge is 0.508 e. The SMILES string of the molecule is CC(=O)NC(C)Cc1ccc(C#Cc2ccc(O)cc2)cc1.CC(=O)NC(C)Cc1ccc(C#Cc2ccc(OCc3nccs3)cc2)cc1. The third-order valence-electron chi connectivity index (χ3n) is 7.16. The molecule has 4 aromatic carbocycles. The monoisotopic (exact) mass is 683 g/mol. The van der Waals surface area contributed by atoms with Crippen LogP contribution in [0.5, 0.6) is 11.5 Å². The molecule has 254 valence electrons. The van der Waals surface area contributed by atoms with Crippen LogP contribution in [0.15, 0.2) is 109 Å². The van der Waals surface area contributed by atoms with E-state index in [0.717, 1.165) is 51.4 Å². The quantitative estimate of drug-likeness (QED) is 0.145. The summed E-state index contributed by atoms with van der Waals surface area (Å²) in [6.07, 6.45) is 3.37. The van der Waals surface area contributed by atoms with E-state index in [1.807, 2.05) is 79.9 Å². The summed E-state index contributed by atoms with van der Waals surface area (Å²) in [5.74, 6) is 13.5. The van der Waals surface area contributed by atoms with Crippen LogP contribution in [-0.4, -0.2) is 34.0 Å². The van der Waals surface area contributed by atoms with Gasteiger partial charge in [0.15, 0.2) is 0 Å². The second-order valence-corrected chi connectivity index (χ2v) is 12.8. The number of phenolic OH excluding ortho intramolecular Hbond substituents is 1. The maximum absolute atomic E-state index is 11.1. The lowest BCUT2D eigenvalue weighted by molar-refractivity contribution is -0.120. The standard InChI is InChI=1S/C23H22N2O2S.C19H19NO2/c1-17(25-18(2)26)15-21-7-5-19(6-8-21)3-4-20-9-11-22(12-10-20)27-16-23-24-13-14-28-23;1-14(20-15(2)21)13-18-7-5-16(6-8-18)3-4-17-9-11-19(22)12-10-17/h5-14,17H,15-16H2,1-2H3,(H,25,26);5-12,14,22H,13H2,1-2H3,(H,20,21). The number of hydrogen-bond donors (Lipinski definition) is 3. The molecule has 5 aromatic rings. The van der Waals surface area contributed by atoms with Gasteiger partial charge < -0.3 is 20.5 Å². The molecular weight excluding hydrogens is 643 g/mol. The molecule has 0 fully saturated rings. The number of hydrogen-bond acceptors (Lipinski definition) is 6. The van der Waals surface area contributed by atoms with Crippen molar-refractivity contribution < 1.29 is 19.4 Å². The highest BCUT2D eigenvalue weighted by Crippen LogP contribution is 2.15. The summed E-state index contributed by atoms with van der Waals surface area (Å²) in [6.45, 7) is 7.53. The molecule has 50 heavy (non-hydrogen) atoms. The molecule has 2 unspecified atom stereocenters. The molecular formula is C42H41N3O4S. The number of aromatic nitrogens is 1. The van der Waals surface area contributed by atoms with Crippen LogP contribution in [0.4, 0.5) is 0 Å². The number of carbonyl (C=O) groups is 2. The molecule has 2 amide bonds. The van der Waals surface area contributed by atoms with Crippen molar-refractivity contribution in [3.8, 4) is 35.2 Å². The van der Waals surface area contributed by atoms with Crippen LogP contribution in [0.1, 0.15) is 66.1 Å². The Morgan fingerprint density at radius 3 is 1.46 bits per heavy atom. The molecule has 8 heteroatoms. The van der Waals surface area contributed by atoms with E-state index >= 15 is 0 Å². The Bertz CT molecular complexity index is 1930. The minimum atomic E-state index is -0.0103. The van der Waals surface area contributed by atoms with Crippen LogP contribution < -0.4 is 15.4 Å². The topological polar surface area (TPSA) is 101 Å². The maximum atomic E-state index is 11.1. The zero-order valence-corrected chi connectivity index (χ0v) is 29.5. The van der Waals surface area contributed by atoms with Crippen molar-refractivity contribution in [3.05, 3.63) is 147 Å². The van der Waals surface area contributed by atoms with Crippen molar-refractivity contribution in [3.63, 3.8) is 0 Å². The van der Waals surface area contributed by atoms with E-state index in [4.69, 9.17) is 4.74 Å². The van der Waals surface area contributed by atoms with Gasteiger partial charge >= 0.3 is 0 Å². The number of benzene rings is 4. The Hall–Kier alpha value is -5.83. The highest BCUT2D eigenvalue weighted by Gasteiger charge is 2.05. The molecule has 5 rings (SSSR count). The predicted molar refractivity (Wildman–Crippen MR) is 200 cm³/mol. The number of carbonyl (C=O) groups excluding carboxylic acids is 2. The minimum absolute atomic E-state index is 0.00501. The van der Waals surface area contributed by atoms with Gasteiger partial charge in [0.05, 0.1) is 0 Å². The van der Waals surface area contributed by atoms with Crippen molar-refractivity contribution in [1.82, 2.24) is 15.6 Å². The van der Waals surface area contributed by atoms with Gasteiger partial charge in [-0.1, -0.05) is 47.9 Å². The summed E-state index contributed by atoms with van der Waals surface area (Å²) < 4.78 is 5.71. The van der Waals surface area contributed by atoms with Gasteiger partial charge in [0, 0.05) is 59.8 Å². The third-order valence-corrected chi connectivity index (χ3v) is 7.91. The average Bonchev–Trinajstić information content (AvgIpc) is 3.61. The summed E-state index contributed by atoms with van der Waals surface area (Å²) in [5, 5.41) is 17.9. The molecule has 0 radical (unpaired) electrons. The van der Waals surface area contributed by atoms with Crippen LogP contribution in [0.3, 0.4) is 0 Å². The first kappa shape index (κ1) is 37.0. The molecule has 0 bridgehead atoms. The number of nitrogens with one attached hydrogen (secondary N) is 2. The van der Waals surface area contributed by atoms with Crippen LogP contribution in [0, 0.1) is 23.7 Å². The summed E-state index contributed by atoms with van der Waals surface area (Å²) >= 11 is 1.58. The van der Waals surface area contributed by atoms with Gasteiger partial charge in [0.25, 0.3) is 0 Å². The molecule has 0 saturated carbocycles. The van der Waals surface area contributed by atoms with Gasteiger partial charge in [-0.3, -0.25) is 9.59 Å². The smallest absolute Gasteiger partial charge is 0.217 e. The van der Waals surface area contributed by atoms with Crippen LogP contribution in [0.2, 0.25) is 0 Å². The van der Waals surface area contributed by atoms with E-state index in [1.165, 1.54) is 19.4 Å². The second-order valence-electron chi connectivity index (χ2n) is 11.8. The number of rotatable bonds is 9. The molecule has 0 aliphatic rings. The van der Waals surface area contributed by atoms with E-state index in [-0.39, 0.29) is 29.6 Å². The zero-order valence-electron chi connectivity index (χ0n) is 28.7. The van der Waals surface area contributed by atoms with Gasteiger partial charge in [-0.05, 0) is 111 Å². The molecule has 1 heterocycles. The first-order valence-electron chi connectivity index (χ1n) is 16.3. The van der Waals surface area contributed by atoms with Crippen molar-refractivity contribution in [2.45, 2.75) is 59.2 Å². The molecule has 3 N–H and O–H groups in total. The summed E-state index contributed by atoms with van der Waals surface area (Å²) in [4.78, 5) is 26.3. The van der Waals surface area contributed by atoms with E-state index < -0.39 is 0 Å². The molecule has 1 aromatic heterocycles. The number of ether oxygens (including phenoxy) is 1. The normalized spacial score (nSPS) is 11.2. The molecule has 0 aliphatic carbocycles. The Kier molecular flexibility index (Phi) is 14.2. The molecule has 0 aliphatic heterocycles. The van der Waals surface area contributed by atoms with Gasteiger partial charge in [-0.2, -0.15) is 0 Å². The number of nitrogens with zero attached hydrogens (tertiary/aromatic N) is 1. The first-order valence-corrected chi connectivity index (χ1v) is 17.2. The van der Waals surface area contributed by atoms with Gasteiger partial charge in [0.2, 0.25) is 11.8 Å². The van der Waals surface area contributed by atoms with E-state index in [2.05, 4.69) is 51.4 Å². The van der Waals surface area contributed by atoms with Gasteiger partial charge in [-0.25, -0.2) is 4.98 Å². The van der Waals surface area contributed by atoms with Crippen molar-refractivity contribution in [2.24, 2.45) is 0 Å². The number of aromatic hydroxyl groups is 1. The molecule has 7 nitrogen and oxygen atoms in total. The Labute approximate surface area is 298 Å². The van der Waals surface area contributed by atoms with E-state index in [0.29, 0.717) is 6.61 Å². The first-order chi connectivity index (χ1) is 24.1. The molecule has 0 saturated heterocycles. The predicted octanol–water partition coefficient (Wildman–Crippen LogP) is 7.05. The van der Waals surface area contributed by atoms with Crippen molar-refractivity contribution in [2.75, 3.05) is 0 Å². The summed E-state index contributed by atoms with van der Waals surface area (Å²) in [5.41, 5.74) is 6.03. The fraction of sp³-hybridized carbons (Fsp3) is 0.214. The zero-order chi connectivity index (χ0) is 35.7. The van der Waals surface area contributed by atoms with Gasteiger partial charge in [-0.15, -0.1) is 11.3 Å². The lowest BCUT2D eigenvalue weighted by Crippen LogP contribution is -2.31. The lowest BCUT2D eigenvalue weighted by Gasteiger charge is -2.12. The lowest BCUT2D eigenvalue weighted by atomic mass is 10.0. The minimum Gasteiger partial charge on any atom is -0.508 e. The number of amides is 2. The van der Waals surface area contributed by atoms with Crippen molar-refractivity contribution in [1.29, 1.82) is 0 Å². The molecule has 0 spiro atoms. The third kappa shape index (κ3) is 13.7. The molecule has 2 atom stereocenters. The number of phenols is 1. The number of thiazole rings is 1.